The number of aryl methyl sites for hydroxylation is 2. The largest absolute Gasteiger partial charge is 0.320 e. The number of hydrogen-bond donors (Lipinski definition) is 0. The highest BCUT2D eigenvalue weighted by atomic mass is 32.2. The Morgan fingerprint density at radius 2 is 1.89 bits per heavy atom. The summed E-state index contributed by atoms with van der Waals surface area (Å²) in [4.78, 5) is 21.9. The summed E-state index contributed by atoms with van der Waals surface area (Å²) in [7, 11) is 0. The van der Waals surface area contributed by atoms with Crippen LogP contribution < -0.4 is 5.56 Å². The van der Waals surface area contributed by atoms with E-state index in [2.05, 4.69) is 23.4 Å². The first-order valence-corrected chi connectivity index (χ1v) is 10.7. The highest BCUT2D eigenvalue weighted by Gasteiger charge is 2.22. The van der Waals surface area contributed by atoms with E-state index in [-0.39, 0.29) is 5.56 Å². The van der Waals surface area contributed by atoms with E-state index in [0.29, 0.717) is 17.4 Å². The minimum atomic E-state index is -0.0257. The SMILES string of the molecule is Cc1ccc2nc(CSc3nc(C)c(C)n3C3CCCCC3)cc(=O)n2c1. The van der Waals surface area contributed by atoms with E-state index in [1.807, 2.05) is 25.3 Å². The van der Waals surface area contributed by atoms with Gasteiger partial charge in [0.05, 0.1) is 11.4 Å². The zero-order chi connectivity index (χ0) is 19.0. The Hall–Kier alpha value is -2.08. The van der Waals surface area contributed by atoms with Crippen LogP contribution in [0.4, 0.5) is 0 Å². The van der Waals surface area contributed by atoms with Crippen LogP contribution in [-0.2, 0) is 5.75 Å². The Morgan fingerprint density at radius 3 is 2.67 bits per heavy atom. The van der Waals surface area contributed by atoms with Crippen LogP contribution in [0.3, 0.4) is 0 Å². The Balaban J connectivity index is 1.60. The van der Waals surface area contributed by atoms with Gasteiger partial charge < -0.3 is 4.57 Å². The van der Waals surface area contributed by atoms with E-state index in [9.17, 15) is 4.79 Å². The molecule has 0 amide bonds. The van der Waals surface area contributed by atoms with Crippen LogP contribution in [0.15, 0.2) is 34.3 Å². The molecule has 0 spiro atoms. The van der Waals surface area contributed by atoms with Gasteiger partial charge in [-0.2, -0.15) is 0 Å². The van der Waals surface area contributed by atoms with Crippen molar-refractivity contribution in [1.82, 2.24) is 18.9 Å². The highest BCUT2D eigenvalue weighted by Crippen LogP contribution is 2.34. The van der Waals surface area contributed by atoms with Crippen molar-refractivity contribution in [3.05, 3.63) is 57.4 Å². The summed E-state index contributed by atoms with van der Waals surface area (Å²) in [5.41, 5.74) is 4.90. The van der Waals surface area contributed by atoms with Crippen LogP contribution in [0.1, 0.15) is 60.8 Å². The van der Waals surface area contributed by atoms with Gasteiger partial charge >= 0.3 is 0 Å². The summed E-state index contributed by atoms with van der Waals surface area (Å²) in [6.45, 7) is 6.23. The predicted molar refractivity (Wildman–Crippen MR) is 110 cm³/mol. The lowest BCUT2D eigenvalue weighted by atomic mass is 9.95. The first kappa shape index (κ1) is 18.3. The van der Waals surface area contributed by atoms with Gasteiger partial charge in [0.25, 0.3) is 5.56 Å². The molecular formula is C21H26N4OS. The normalized spacial score (nSPS) is 15.5. The van der Waals surface area contributed by atoms with Gasteiger partial charge in [0.1, 0.15) is 5.65 Å². The molecule has 0 radical (unpaired) electrons. The Kier molecular flexibility index (Phi) is 5.08. The highest BCUT2D eigenvalue weighted by molar-refractivity contribution is 7.98. The van der Waals surface area contributed by atoms with E-state index < -0.39 is 0 Å². The van der Waals surface area contributed by atoms with E-state index >= 15 is 0 Å². The summed E-state index contributed by atoms with van der Waals surface area (Å²) >= 11 is 1.69. The van der Waals surface area contributed by atoms with Crippen LogP contribution in [0.25, 0.3) is 5.65 Å². The molecule has 4 rings (SSSR count). The van der Waals surface area contributed by atoms with Crippen LogP contribution in [0, 0.1) is 20.8 Å². The average molecular weight is 383 g/mol. The molecule has 0 aliphatic heterocycles. The number of thioether (sulfide) groups is 1. The van der Waals surface area contributed by atoms with Crippen molar-refractivity contribution < 1.29 is 0 Å². The quantitative estimate of drug-likeness (QED) is 0.618. The number of imidazole rings is 1. The Labute approximate surface area is 163 Å². The number of rotatable bonds is 4. The van der Waals surface area contributed by atoms with E-state index in [4.69, 9.17) is 4.98 Å². The lowest BCUT2D eigenvalue weighted by molar-refractivity contribution is 0.332. The first-order chi connectivity index (χ1) is 13.0. The predicted octanol–water partition coefficient (Wildman–Crippen LogP) is 4.61. The van der Waals surface area contributed by atoms with Gasteiger partial charge in [-0.3, -0.25) is 9.20 Å². The molecule has 27 heavy (non-hydrogen) atoms. The van der Waals surface area contributed by atoms with Crippen LogP contribution in [0.5, 0.6) is 0 Å². The monoisotopic (exact) mass is 382 g/mol. The van der Waals surface area contributed by atoms with Gasteiger partial charge in [0.2, 0.25) is 0 Å². The minimum absolute atomic E-state index is 0.0257. The van der Waals surface area contributed by atoms with Crippen molar-refractivity contribution in [2.45, 2.75) is 69.8 Å². The second kappa shape index (κ2) is 7.50. The molecule has 1 aliphatic carbocycles. The molecule has 1 fully saturated rings. The zero-order valence-electron chi connectivity index (χ0n) is 16.2. The Bertz CT molecular complexity index is 1030. The standard InChI is InChI=1S/C21H26N4OS/c1-14-9-10-19-23-17(11-20(26)24(19)12-14)13-27-21-22-15(2)16(3)25(21)18-7-5-4-6-8-18/h9-12,18H,4-8,13H2,1-3H3. The van der Waals surface area contributed by atoms with Crippen LogP contribution >= 0.6 is 11.8 Å². The molecule has 0 unspecified atom stereocenters. The fraction of sp³-hybridized carbons (Fsp3) is 0.476. The number of aromatic nitrogens is 4. The number of nitrogens with zero attached hydrogens (tertiary/aromatic N) is 4. The van der Waals surface area contributed by atoms with Crippen molar-refractivity contribution >= 4 is 17.4 Å². The van der Waals surface area contributed by atoms with E-state index in [1.54, 1.807) is 22.2 Å². The minimum Gasteiger partial charge on any atom is -0.320 e. The molecule has 5 nitrogen and oxygen atoms in total. The molecular weight excluding hydrogens is 356 g/mol. The summed E-state index contributed by atoms with van der Waals surface area (Å²) < 4.78 is 4.04. The molecule has 6 heteroatoms. The summed E-state index contributed by atoms with van der Waals surface area (Å²) in [6.07, 6.45) is 8.25. The summed E-state index contributed by atoms with van der Waals surface area (Å²) in [5.74, 6) is 0.655. The summed E-state index contributed by atoms with van der Waals surface area (Å²) in [6, 6.07) is 6.09. The van der Waals surface area contributed by atoms with Gasteiger partial charge in [-0.05, 0) is 45.2 Å². The topological polar surface area (TPSA) is 52.2 Å². The van der Waals surface area contributed by atoms with Gasteiger partial charge in [-0.1, -0.05) is 37.1 Å². The fourth-order valence-corrected chi connectivity index (χ4v) is 4.99. The maximum atomic E-state index is 12.4. The van der Waals surface area contributed by atoms with Crippen molar-refractivity contribution in [1.29, 1.82) is 0 Å². The number of fused-ring (bicyclic) bond motifs is 1. The zero-order valence-corrected chi connectivity index (χ0v) is 17.1. The van der Waals surface area contributed by atoms with Gasteiger partial charge in [-0.25, -0.2) is 9.97 Å². The maximum absolute atomic E-state index is 12.4. The molecule has 3 aromatic rings. The van der Waals surface area contributed by atoms with Crippen LogP contribution in [-0.4, -0.2) is 18.9 Å². The van der Waals surface area contributed by atoms with Gasteiger partial charge in [0.15, 0.2) is 5.16 Å². The third kappa shape index (κ3) is 3.68. The number of pyridine rings is 1. The molecule has 0 bridgehead atoms. The second-order valence-corrected chi connectivity index (χ2v) is 8.48. The van der Waals surface area contributed by atoms with E-state index in [1.165, 1.54) is 37.8 Å². The second-order valence-electron chi connectivity index (χ2n) is 7.54. The number of hydrogen-bond acceptors (Lipinski definition) is 4. The van der Waals surface area contributed by atoms with Crippen molar-refractivity contribution in [2.24, 2.45) is 0 Å². The first-order valence-electron chi connectivity index (χ1n) is 9.70. The third-order valence-electron chi connectivity index (χ3n) is 5.50. The maximum Gasteiger partial charge on any atom is 0.258 e. The van der Waals surface area contributed by atoms with Crippen molar-refractivity contribution in [2.75, 3.05) is 0 Å². The van der Waals surface area contributed by atoms with Crippen molar-refractivity contribution in [3.63, 3.8) is 0 Å². The smallest absolute Gasteiger partial charge is 0.258 e. The molecule has 0 aromatic carbocycles. The van der Waals surface area contributed by atoms with E-state index in [0.717, 1.165) is 22.1 Å². The molecule has 0 saturated heterocycles. The van der Waals surface area contributed by atoms with Gasteiger partial charge in [0, 0.05) is 29.8 Å². The molecule has 1 saturated carbocycles. The molecule has 0 atom stereocenters. The molecule has 3 heterocycles. The molecule has 1 aliphatic rings. The lowest BCUT2D eigenvalue weighted by Crippen LogP contribution is -2.16. The third-order valence-corrected chi connectivity index (χ3v) is 6.49. The molecule has 3 aromatic heterocycles. The Morgan fingerprint density at radius 1 is 1.11 bits per heavy atom. The van der Waals surface area contributed by atoms with Gasteiger partial charge in [-0.15, -0.1) is 0 Å². The molecule has 0 N–H and O–H groups in total. The fourth-order valence-electron chi connectivity index (χ4n) is 3.94. The lowest BCUT2D eigenvalue weighted by Gasteiger charge is -2.26. The molecule has 142 valence electrons. The average Bonchev–Trinajstić information content (AvgIpc) is 2.95. The summed E-state index contributed by atoms with van der Waals surface area (Å²) in [5, 5.41) is 1.06. The van der Waals surface area contributed by atoms with Crippen LogP contribution in [0.2, 0.25) is 0 Å². The van der Waals surface area contributed by atoms with Crippen molar-refractivity contribution in [3.8, 4) is 0 Å².